The predicted octanol–water partition coefficient (Wildman–Crippen LogP) is 2.96. The SMILES string of the molecule is CC(C(=O)Nc1cccc(S(=O)(=O)NC2=NCCC2)c1)c1ccsc1. The van der Waals surface area contributed by atoms with Crippen molar-refractivity contribution >= 4 is 38.8 Å². The minimum atomic E-state index is -3.70. The molecule has 25 heavy (non-hydrogen) atoms. The van der Waals surface area contributed by atoms with Crippen LogP contribution in [0.25, 0.3) is 0 Å². The number of sulfonamides is 1. The Morgan fingerprint density at radius 2 is 2.16 bits per heavy atom. The zero-order valence-electron chi connectivity index (χ0n) is 13.7. The van der Waals surface area contributed by atoms with Crippen LogP contribution in [0, 0.1) is 0 Å². The molecule has 0 saturated heterocycles. The van der Waals surface area contributed by atoms with E-state index in [4.69, 9.17) is 0 Å². The Kier molecular flexibility index (Phi) is 5.19. The molecule has 1 aromatic heterocycles. The minimum absolute atomic E-state index is 0.100. The number of hydrogen-bond acceptors (Lipinski definition) is 5. The van der Waals surface area contributed by atoms with Gasteiger partial charge in [0.05, 0.1) is 10.8 Å². The molecule has 2 aromatic rings. The maximum Gasteiger partial charge on any atom is 0.262 e. The van der Waals surface area contributed by atoms with Gasteiger partial charge < -0.3 is 5.32 Å². The molecule has 3 rings (SSSR count). The molecule has 0 spiro atoms. The van der Waals surface area contributed by atoms with Gasteiger partial charge >= 0.3 is 0 Å². The van der Waals surface area contributed by atoms with Gasteiger partial charge in [-0.15, -0.1) is 0 Å². The molecule has 6 nitrogen and oxygen atoms in total. The minimum Gasteiger partial charge on any atom is -0.326 e. The lowest BCUT2D eigenvalue weighted by molar-refractivity contribution is -0.117. The van der Waals surface area contributed by atoms with Crippen molar-refractivity contribution in [3.63, 3.8) is 0 Å². The number of amidine groups is 1. The zero-order valence-corrected chi connectivity index (χ0v) is 15.4. The van der Waals surface area contributed by atoms with Crippen molar-refractivity contribution in [1.29, 1.82) is 0 Å². The number of amides is 1. The Balaban J connectivity index is 1.74. The van der Waals surface area contributed by atoms with Gasteiger partial charge in [-0.3, -0.25) is 14.5 Å². The predicted molar refractivity (Wildman–Crippen MR) is 99.7 cm³/mol. The Hall–Kier alpha value is -2.19. The van der Waals surface area contributed by atoms with Gasteiger partial charge in [-0.05, 0) is 53.9 Å². The summed E-state index contributed by atoms with van der Waals surface area (Å²) in [5.41, 5.74) is 1.38. The summed E-state index contributed by atoms with van der Waals surface area (Å²) in [5, 5.41) is 6.63. The average Bonchev–Trinajstić information content (AvgIpc) is 3.27. The molecule has 8 heteroatoms. The Morgan fingerprint density at radius 3 is 2.84 bits per heavy atom. The topological polar surface area (TPSA) is 87.6 Å². The lowest BCUT2D eigenvalue weighted by atomic mass is 10.0. The number of nitrogens with zero attached hydrogens (tertiary/aromatic N) is 1. The first-order valence-corrected chi connectivity index (χ1v) is 10.4. The third-order valence-electron chi connectivity index (χ3n) is 3.97. The van der Waals surface area contributed by atoms with Gasteiger partial charge in [0.25, 0.3) is 10.0 Å². The number of rotatable bonds is 5. The first kappa shape index (κ1) is 17.6. The van der Waals surface area contributed by atoms with E-state index < -0.39 is 10.0 Å². The Morgan fingerprint density at radius 1 is 1.32 bits per heavy atom. The monoisotopic (exact) mass is 377 g/mol. The fourth-order valence-electron chi connectivity index (χ4n) is 2.50. The Labute approximate surface area is 151 Å². The molecule has 0 saturated carbocycles. The van der Waals surface area contributed by atoms with Gasteiger partial charge in [-0.1, -0.05) is 6.07 Å². The number of thiophene rings is 1. The van der Waals surface area contributed by atoms with E-state index >= 15 is 0 Å². The highest BCUT2D eigenvalue weighted by molar-refractivity contribution is 7.90. The summed E-state index contributed by atoms with van der Waals surface area (Å²) in [5.74, 6) is -0.000855. The quantitative estimate of drug-likeness (QED) is 0.840. The maximum absolute atomic E-state index is 12.4. The van der Waals surface area contributed by atoms with E-state index in [9.17, 15) is 13.2 Å². The van der Waals surface area contributed by atoms with Gasteiger partial charge in [-0.25, -0.2) is 8.42 Å². The lowest BCUT2D eigenvalue weighted by Crippen LogP contribution is -2.29. The number of anilines is 1. The van der Waals surface area contributed by atoms with Crippen LogP contribution in [0.3, 0.4) is 0 Å². The molecule has 1 atom stereocenters. The van der Waals surface area contributed by atoms with Crippen LogP contribution >= 0.6 is 11.3 Å². The summed E-state index contributed by atoms with van der Waals surface area (Å²) in [4.78, 5) is 16.6. The summed E-state index contributed by atoms with van der Waals surface area (Å²) in [6.07, 6.45) is 1.49. The van der Waals surface area contributed by atoms with E-state index in [0.29, 0.717) is 24.5 Å². The first-order chi connectivity index (χ1) is 12.0. The molecule has 1 aliphatic rings. The van der Waals surface area contributed by atoms with Crippen molar-refractivity contribution < 1.29 is 13.2 Å². The molecular weight excluding hydrogens is 358 g/mol. The van der Waals surface area contributed by atoms with E-state index in [-0.39, 0.29) is 16.7 Å². The normalized spacial score (nSPS) is 15.5. The van der Waals surface area contributed by atoms with E-state index in [1.165, 1.54) is 23.5 Å². The van der Waals surface area contributed by atoms with Crippen LogP contribution in [0.5, 0.6) is 0 Å². The summed E-state index contributed by atoms with van der Waals surface area (Å²) >= 11 is 1.53. The highest BCUT2D eigenvalue weighted by Crippen LogP contribution is 2.22. The van der Waals surface area contributed by atoms with Crippen molar-refractivity contribution in [3.8, 4) is 0 Å². The fraction of sp³-hybridized carbons (Fsp3) is 0.294. The second-order valence-corrected chi connectivity index (χ2v) is 8.30. The van der Waals surface area contributed by atoms with Crippen molar-refractivity contribution in [1.82, 2.24) is 4.72 Å². The Bertz CT molecular complexity index is 890. The van der Waals surface area contributed by atoms with E-state index in [1.807, 2.05) is 23.8 Å². The van der Waals surface area contributed by atoms with Crippen molar-refractivity contribution in [3.05, 3.63) is 46.7 Å². The molecule has 0 fully saturated rings. The van der Waals surface area contributed by atoms with Gasteiger partial charge in [-0.2, -0.15) is 11.3 Å². The molecule has 0 bridgehead atoms. The summed E-state index contributed by atoms with van der Waals surface area (Å²) in [6, 6.07) is 8.13. The summed E-state index contributed by atoms with van der Waals surface area (Å²) in [6.45, 7) is 2.46. The summed E-state index contributed by atoms with van der Waals surface area (Å²) < 4.78 is 27.4. The third-order valence-corrected chi connectivity index (χ3v) is 6.06. The molecule has 2 N–H and O–H groups in total. The van der Waals surface area contributed by atoms with Gasteiger partial charge in [0.1, 0.15) is 5.84 Å². The average molecular weight is 377 g/mol. The third kappa shape index (κ3) is 4.26. The van der Waals surface area contributed by atoms with Gasteiger partial charge in [0.15, 0.2) is 0 Å². The van der Waals surface area contributed by atoms with Gasteiger partial charge in [0, 0.05) is 18.7 Å². The number of carbonyl (C=O) groups is 1. The molecule has 0 radical (unpaired) electrons. The molecule has 132 valence electrons. The van der Waals surface area contributed by atoms with Crippen molar-refractivity contribution in [2.24, 2.45) is 4.99 Å². The van der Waals surface area contributed by atoms with Crippen LogP contribution in [0.2, 0.25) is 0 Å². The lowest BCUT2D eigenvalue weighted by Gasteiger charge is -2.13. The number of benzene rings is 1. The van der Waals surface area contributed by atoms with E-state index in [2.05, 4.69) is 15.0 Å². The molecule has 1 unspecified atom stereocenters. The molecule has 1 amide bonds. The smallest absolute Gasteiger partial charge is 0.262 e. The second kappa shape index (κ2) is 7.37. The van der Waals surface area contributed by atoms with Crippen molar-refractivity contribution in [2.45, 2.75) is 30.6 Å². The van der Waals surface area contributed by atoms with E-state index in [0.717, 1.165) is 12.0 Å². The highest BCUT2D eigenvalue weighted by Gasteiger charge is 2.20. The largest absolute Gasteiger partial charge is 0.326 e. The number of nitrogens with one attached hydrogen (secondary N) is 2. The fourth-order valence-corrected chi connectivity index (χ4v) is 4.39. The van der Waals surface area contributed by atoms with Crippen molar-refractivity contribution in [2.75, 3.05) is 11.9 Å². The van der Waals surface area contributed by atoms with E-state index in [1.54, 1.807) is 12.1 Å². The van der Waals surface area contributed by atoms with Gasteiger partial charge in [0.2, 0.25) is 5.91 Å². The summed E-state index contributed by atoms with van der Waals surface area (Å²) in [7, 11) is -3.70. The van der Waals surface area contributed by atoms with Crippen LogP contribution < -0.4 is 10.0 Å². The highest BCUT2D eigenvalue weighted by atomic mass is 32.2. The van der Waals surface area contributed by atoms with Crippen LogP contribution in [0.15, 0.2) is 51.0 Å². The number of carbonyl (C=O) groups excluding carboxylic acids is 1. The molecule has 1 aromatic carbocycles. The first-order valence-electron chi connectivity index (χ1n) is 7.95. The number of hydrogen-bond donors (Lipinski definition) is 2. The molecule has 2 heterocycles. The number of aliphatic imine (C=N–C) groups is 1. The van der Waals surface area contributed by atoms with Crippen LogP contribution in [-0.2, 0) is 14.8 Å². The van der Waals surface area contributed by atoms with Crippen LogP contribution in [0.1, 0.15) is 31.2 Å². The van der Waals surface area contributed by atoms with Crippen LogP contribution in [0.4, 0.5) is 5.69 Å². The zero-order chi connectivity index (χ0) is 17.9. The maximum atomic E-state index is 12.4. The standard InChI is InChI=1S/C17H19N3O3S2/c1-12(13-7-9-24-11-13)17(21)19-14-4-2-5-15(10-14)25(22,23)20-16-6-3-8-18-16/h2,4-5,7,9-12H,3,6,8H2,1H3,(H,18,20)(H,19,21). The van der Waals surface area contributed by atoms with Crippen LogP contribution in [-0.4, -0.2) is 26.7 Å². The molecule has 0 aliphatic carbocycles. The second-order valence-electron chi connectivity index (χ2n) is 5.83. The molecule has 1 aliphatic heterocycles. The molecular formula is C17H19N3O3S2.